The minimum Gasteiger partial charge on any atom is -0.489 e. The van der Waals surface area contributed by atoms with Gasteiger partial charge in [-0.15, -0.1) is 0 Å². The summed E-state index contributed by atoms with van der Waals surface area (Å²) in [6.45, 7) is 3.57. The molecule has 0 N–H and O–H groups in total. The number of methoxy groups -OCH3 is 2. The Morgan fingerprint density at radius 3 is 2.35 bits per heavy atom. The Morgan fingerprint density at radius 2 is 1.68 bits per heavy atom. The molecule has 2 atom stereocenters. The second-order valence-corrected chi connectivity index (χ2v) is 7.63. The lowest BCUT2D eigenvalue weighted by Gasteiger charge is -2.37. The van der Waals surface area contributed by atoms with E-state index in [1.54, 1.807) is 17.9 Å². The molecule has 0 aromatic heterocycles. The van der Waals surface area contributed by atoms with Crippen molar-refractivity contribution in [1.82, 2.24) is 4.90 Å². The average molecular weight is 427 g/mol. The van der Waals surface area contributed by atoms with E-state index in [0.29, 0.717) is 43.2 Å². The van der Waals surface area contributed by atoms with Gasteiger partial charge in [-0.3, -0.25) is 14.4 Å². The largest absolute Gasteiger partial charge is 0.489 e. The lowest BCUT2D eigenvalue weighted by Crippen LogP contribution is -2.49. The molecule has 0 radical (unpaired) electrons. The number of amides is 1. The number of hydrogen-bond donors (Lipinski definition) is 0. The van der Waals surface area contributed by atoms with Crippen molar-refractivity contribution in [3.8, 4) is 5.75 Å². The number of nitrogens with zero attached hydrogens (tertiary/aromatic N) is 1. The smallest absolute Gasteiger partial charge is 0.263 e. The maximum Gasteiger partial charge on any atom is 0.263 e. The molecule has 3 aliphatic rings. The number of carbonyl (C=O) groups is 3. The summed E-state index contributed by atoms with van der Waals surface area (Å²) in [4.78, 5) is 41.1. The van der Waals surface area contributed by atoms with Crippen molar-refractivity contribution in [1.29, 1.82) is 0 Å². The predicted molar refractivity (Wildman–Crippen MR) is 109 cm³/mol. The number of ether oxygens (including phenoxy) is 4. The molecule has 8 heteroatoms. The van der Waals surface area contributed by atoms with Gasteiger partial charge in [-0.1, -0.05) is 18.2 Å². The SMILES string of the molecule is COC1=C(OC)C(=O)C(C2CC(C(=O)N3CCOCC3)Oc3ccccc32)=C(C)C1=O. The van der Waals surface area contributed by atoms with Crippen LogP contribution in [0.25, 0.3) is 0 Å². The summed E-state index contributed by atoms with van der Waals surface area (Å²) in [7, 11) is 2.67. The highest BCUT2D eigenvalue weighted by Crippen LogP contribution is 2.44. The van der Waals surface area contributed by atoms with Crippen molar-refractivity contribution in [2.75, 3.05) is 40.5 Å². The van der Waals surface area contributed by atoms with E-state index >= 15 is 0 Å². The topological polar surface area (TPSA) is 91.4 Å². The molecule has 4 rings (SSSR count). The summed E-state index contributed by atoms with van der Waals surface area (Å²) in [5.74, 6) is -1.12. The first-order valence-electron chi connectivity index (χ1n) is 10.2. The van der Waals surface area contributed by atoms with E-state index in [9.17, 15) is 14.4 Å². The molecule has 2 aliphatic heterocycles. The normalized spacial score (nSPS) is 24.0. The highest BCUT2D eigenvalue weighted by Gasteiger charge is 2.43. The van der Waals surface area contributed by atoms with Crippen LogP contribution in [0.1, 0.15) is 24.8 Å². The van der Waals surface area contributed by atoms with E-state index in [1.807, 2.05) is 18.2 Å². The van der Waals surface area contributed by atoms with Crippen molar-refractivity contribution >= 4 is 17.5 Å². The quantitative estimate of drug-likeness (QED) is 0.676. The molecule has 1 amide bonds. The Hall–Kier alpha value is -3.13. The highest BCUT2D eigenvalue weighted by atomic mass is 16.5. The van der Waals surface area contributed by atoms with Gasteiger partial charge in [-0.2, -0.15) is 0 Å². The number of ketones is 2. The molecule has 1 aliphatic carbocycles. The van der Waals surface area contributed by atoms with E-state index in [4.69, 9.17) is 18.9 Å². The fourth-order valence-electron chi connectivity index (χ4n) is 4.41. The van der Waals surface area contributed by atoms with Gasteiger partial charge in [0, 0.05) is 42.1 Å². The van der Waals surface area contributed by atoms with Crippen LogP contribution in [0.3, 0.4) is 0 Å². The van der Waals surface area contributed by atoms with Crippen molar-refractivity contribution in [2.45, 2.75) is 25.4 Å². The third kappa shape index (κ3) is 3.61. The Balaban J connectivity index is 1.74. The summed E-state index contributed by atoms with van der Waals surface area (Å²) < 4.78 is 21.8. The van der Waals surface area contributed by atoms with Gasteiger partial charge in [0.25, 0.3) is 5.91 Å². The maximum absolute atomic E-state index is 13.3. The van der Waals surface area contributed by atoms with Gasteiger partial charge >= 0.3 is 0 Å². The minimum absolute atomic E-state index is 0.102. The van der Waals surface area contributed by atoms with Crippen LogP contribution in [0.15, 0.2) is 46.9 Å². The van der Waals surface area contributed by atoms with E-state index in [2.05, 4.69) is 0 Å². The number of rotatable bonds is 4. The zero-order valence-electron chi connectivity index (χ0n) is 17.8. The molecule has 1 saturated heterocycles. The number of carbonyl (C=O) groups excluding carboxylic acids is 3. The van der Waals surface area contributed by atoms with Gasteiger partial charge in [0.05, 0.1) is 27.4 Å². The maximum atomic E-state index is 13.3. The first kappa shape index (κ1) is 21.1. The van der Waals surface area contributed by atoms with E-state index in [0.717, 1.165) is 5.56 Å². The Kier molecular flexibility index (Phi) is 5.82. The Bertz CT molecular complexity index is 987. The van der Waals surface area contributed by atoms with Crippen molar-refractivity contribution in [3.63, 3.8) is 0 Å². The van der Waals surface area contributed by atoms with Gasteiger partial charge in [-0.05, 0) is 13.0 Å². The molecule has 1 aromatic carbocycles. The van der Waals surface area contributed by atoms with Crippen LogP contribution >= 0.6 is 0 Å². The summed E-state index contributed by atoms with van der Waals surface area (Å²) >= 11 is 0. The van der Waals surface area contributed by atoms with Gasteiger partial charge in [0.15, 0.2) is 6.10 Å². The van der Waals surface area contributed by atoms with Gasteiger partial charge in [-0.25, -0.2) is 0 Å². The molecule has 0 bridgehead atoms. The van der Waals surface area contributed by atoms with Crippen LogP contribution in [0, 0.1) is 0 Å². The first-order valence-corrected chi connectivity index (χ1v) is 10.2. The lowest BCUT2D eigenvalue weighted by molar-refractivity contribution is -0.143. The Labute approximate surface area is 180 Å². The van der Waals surface area contributed by atoms with Crippen LogP contribution in [0.4, 0.5) is 0 Å². The third-order valence-corrected chi connectivity index (χ3v) is 5.98. The van der Waals surface area contributed by atoms with Crippen molar-refractivity contribution in [3.05, 3.63) is 52.5 Å². The number of Topliss-reactive ketones (excluding diaryl/α,β-unsaturated/α-hetero) is 2. The van der Waals surface area contributed by atoms with E-state index in [1.165, 1.54) is 14.2 Å². The third-order valence-electron chi connectivity index (χ3n) is 5.98. The van der Waals surface area contributed by atoms with Crippen LogP contribution in [-0.2, 0) is 28.6 Å². The van der Waals surface area contributed by atoms with Crippen molar-refractivity contribution in [2.24, 2.45) is 0 Å². The fourth-order valence-corrected chi connectivity index (χ4v) is 4.41. The average Bonchev–Trinajstić information content (AvgIpc) is 2.81. The predicted octanol–water partition coefficient (Wildman–Crippen LogP) is 1.75. The summed E-state index contributed by atoms with van der Waals surface area (Å²) in [6, 6.07) is 7.29. The fraction of sp³-hybridized carbons (Fsp3) is 0.435. The van der Waals surface area contributed by atoms with Crippen molar-refractivity contribution < 1.29 is 33.3 Å². The highest BCUT2D eigenvalue weighted by molar-refractivity contribution is 6.24. The number of allylic oxidation sites excluding steroid dienone is 2. The molecule has 8 nitrogen and oxygen atoms in total. The standard InChI is InChI=1S/C23H25NO7/c1-13-18(20(26)22(29-3)21(28-2)19(13)25)15-12-17(23(27)24-8-10-30-11-9-24)31-16-7-5-4-6-14(15)16/h4-7,15,17H,8-12H2,1-3H3. The molecular formula is C23H25NO7. The molecule has 0 saturated carbocycles. The molecular weight excluding hydrogens is 402 g/mol. The van der Waals surface area contributed by atoms with Crippen LogP contribution < -0.4 is 4.74 Å². The van der Waals surface area contributed by atoms with Gasteiger partial charge in [0.1, 0.15) is 5.75 Å². The lowest BCUT2D eigenvalue weighted by atomic mass is 9.77. The molecule has 31 heavy (non-hydrogen) atoms. The minimum atomic E-state index is -0.764. The van der Waals surface area contributed by atoms with Crippen LogP contribution in [0.2, 0.25) is 0 Å². The van der Waals surface area contributed by atoms with E-state index < -0.39 is 23.6 Å². The number of para-hydroxylation sites is 1. The zero-order chi connectivity index (χ0) is 22.1. The Morgan fingerprint density at radius 1 is 1.03 bits per heavy atom. The molecule has 164 valence electrons. The number of fused-ring (bicyclic) bond motifs is 1. The zero-order valence-corrected chi connectivity index (χ0v) is 17.8. The van der Waals surface area contributed by atoms with E-state index in [-0.39, 0.29) is 23.8 Å². The molecule has 2 heterocycles. The second-order valence-electron chi connectivity index (χ2n) is 7.63. The van der Waals surface area contributed by atoms with Gasteiger partial charge in [0.2, 0.25) is 23.1 Å². The summed E-state index contributed by atoms with van der Waals surface area (Å²) in [5, 5.41) is 0. The molecule has 1 fully saturated rings. The number of morpholine rings is 1. The van der Waals surface area contributed by atoms with Gasteiger partial charge < -0.3 is 23.8 Å². The second kappa shape index (κ2) is 8.55. The summed E-state index contributed by atoms with van der Waals surface area (Å²) in [6.07, 6.45) is -0.516. The molecule has 2 unspecified atom stereocenters. The number of hydrogen-bond acceptors (Lipinski definition) is 7. The monoisotopic (exact) mass is 427 g/mol. The van der Waals surface area contributed by atoms with Crippen LogP contribution in [0.5, 0.6) is 5.75 Å². The molecule has 0 spiro atoms. The number of benzene rings is 1. The summed E-state index contributed by atoms with van der Waals surface area (Å²) in [5.41, 5.74) is 1.38. The molecule has 1 aromatic rings. The first-order chi connectivity index (χ1) is 15.0. The van der Waals surface area contributed by atoms with Crippen LogP contribution in [-0.4, -0.2) is 69.0 Å².